The van der Waals surface area contributed by atoms with E-state index in [1.165, 1.54) is 11.3 Å². The van der Waals surface area contributed by atoms with Crippen LogP contribution in [-0.4, -0.2) is 21.1 Å². The fraction of sp³-hybridized carbons (Fsp3) is 0. The second kappa shape index (κ2) is 6.19. The van der Waals surface area contributed by atoms with E-state index in [0.29, 0.717) is 15.5 Å². The van der Waals surface area contributed by atoms with Gasteiger partial charge in [-0.2, -0.15) is 0 Å². The van der Waals surface area contributed by atoms with Crippen molar-refractivity contribution < 1.29 is 4.79 Å². The van der Waals surface area contributed by atoms with Gasteiger partial charge in [0.25, 0.3) is 5.91 Å². The molecular formula is C17H12ClN5OS. The number of aromatic nitrogens is 3. The monoisotopic (exact) mass is 369 g/mol. The van der Waals surface area contributed by atoms with Crippen LogP contribution in [0.3, 0.4) is 0 Å². The lowest BCUT2D eigenvalue weighted by molar-refractivity contribution is 0.0996. The molecule has 3 aromatic heterocycles. The van der Waals surface area contributed by atoms with E-state index in [1.54, 1.807) is 6.20 Å². The van der Waals surface area contributed by atoms with Crippen molar-refractivity contribution >= 4 is 50.6 Å². The summed E-state index contributed by atoms with van der Waals surface area (Å²) in [7, 11) is 0. The first-order chi connectivity index (χ1) is 12.1. The summed E-state index contributed by atoms with van der Waals surface area (Å²) in [4.78, 5) is 15.7. The zero-order valence-electron chi connectivity index (χ0n) is 12.8. The number of carbonyl (C=O) groups excluding carboxylic acids is 1. The molecule has 0 fully saturated rings. The van der Waals surface area contributed by atoms with Crippen molar-refractivity contribution in [3.05, 3.63) is 59.4 Å². The molecule has 0 spiro atoms. The lowest BCUT2D eigenvalue weighted by atomic mass is 10.1. The summed E-state index contributed by atoms with van der Waals surface area (Å²) in [5.74, 6) is 0.731. The maximum absolute atomic E-state index is 11.7. The number of rotatable bonds is 4. The summed E-state index contributed by atoms with van der Waals surface area (Å²) in [6.07, 6.45) is 1.80. The molecule has 0 aliphatic heterocycles. The molecule has 0 bridgehead atoms. The van der Waals surface area contributed by atoms with Gasteiger partial charge in [0.1, 0.15) is 5.82 Å². The number of aromatic amines is 1. The normalized spacial score (nSPS) is 10.9. The highest BCUT2D eigenvalue weighted by Gasteiger charge is 2.18. The lowest BCUT2D eigenvalue weighted by Crippen LogP contribution is -2.14. The third-order valence-corrected chi connectivity index (χ3v) is 5.11. The average Bonchev–Trinajstić information content (AvgIpc) is 3.25. The van der Waals surface area contributed by atoms with Crippen molar-refractivity contribution in [2.45, 2.75) is 0 Å². The standard InChI is InChI=1S/C17H12ClN5OS/c18-10-5-3-9(4-6-10)12-8-11-15(25-12)14(16(19)24)22-23-17(11)21-13-2-1-7-20-13/h1-8,20H,(H2,19,24)(H,21,23). The van der Waals surface area contributed by atoms with Gasteiger partial charge in [-0.05, 0) is 35.9 Å². The molecule has 6 nitrogen and oxygen atoms in total. The highest BCUT2D eigenvalue weighted by Crippen LogP contribution is 2.38. The maximum Gasteiger partial charge on any atom is 0.270 e. The van der Waals surface area contributed by atoms with E-state index in [2.05, 4.69) is 20.5 Å². The number of nitrogens with two attached hydrogens (primary N) is 1. The number of hydrogen-bond acceptors (Lipinski definition) is 5. The van der Waals surface area contributed by atoms with Crippen LogP contribution in [0.25, 0.3) is 20.5 Å². The number of carbonyl (C=O) groups is 1. The number of primary amides is 1. The van der Waals surface area contributed by atoms with Crippen LogP contribution >= 0.6 is 22.9 Å². The number of H-pyrrole nitrogens is 1. The molecule has 25 heavy (non-hydrogen) atoms. The van der Waals surface area contributed by atoms with Crippen LogP contribution in [0.15, 0.2) is 48.7 Å². The summed E-state index contributed by atoms with van der Waals surface area (Å²) < 4.78 is 0.696. The third kappa shape index (κ3) is 2.95. The Hall–Kier alpha value is -2.90. The highest BCUT2D eigenvalue weighted by molar-refractivity contribution is 7.22. The SMILES string of the molecule is NC(=O)c1nnc(Nc2ccc[nH]2)c2cc(-c3ccc(Cl)cc3)sc12. The van der Waals surface area contributed by atoms with E-state index in [4.69, 9.17) is 17.3 Å². The number of benzene rings is 1. The maximum atomic E-state index is 11.7. The zero-order chi connectivity index (χ0) is 17.4. The van der Waals surface area contributed by atoms with Gasteiger partial charge in [-0.3, -0.25) is 4.79 Å². The van der Waals surface area contributed by atoms with Gasteiger partial charge in [0.2, 0.25) is 0 Å². The number of nitrogens with one attached hydrogen (secondary N) is 2. The molecule has 0 unspecified atom stereocenters. The topological polar surface area (TPSA) is 96.7 Å². The second-order valence-corrected chi connectivity index (χ2v) is 6.82. The fourth-order valence-electron chi connectivity index (χ4n) is 2.49. The summed E-state index contributed by atoms with van der Waals surface area (Å²) in [5, 5.41) is 12.7. The summed E-state index contributed by atoms with van der Waals surface area (Å²) >= 11 is 7.40. The molecule has 0 atom stereocenters. The van der Waals surface area contributed by atoms with E-state index in [9.17, 15) is 4.79 Å². The first-order valence-corrected chi connectivity index (χ1v) is 8.57. The van der Waals surface area contributed by atoms with E-state index in [1.807, 2.05) is 42.5 Å². The minimum absolute atomic E-state index is 0.164. The fourth-order valence-corrected chi connectivity index (χ4v) is 3.77. The number of nitrogens with zero attached hydrogens (tertiary/aromatic N) is 2. The number of anilines is 2. The number of halogens is 1. The van der Waals surface area contributed by atoms with Gasteiger partial charge >= 0.3 is 0 Å². The van der Waals surface area contributed by atoms with E-state index >= 15 is 0 Å². The molecule has 0 saturated heterocycles. The molecule has 4 rings (SSSR count). The molecule has 0 aliphatic carbocycles. The Balaban J connectivity index is 1.88. The summed E-state index contributed by atoms with van der Waals surface area (Å²) in [6, 6.07) is 13.2. The molecule has 1 aromatic carbocycles. The van der Waals surface area contributed by atoms with Crippen molar-refractivity contribution in [1.82, 2.24) is 15.2 Å². The Kier molecular flexibility index (Phi) is 3.87. The minimum atomic E-state index is -0.603. The van der Waals surface area contributed by atoms with Crippen LogP contribution in [0, 0.1) is 0 Å². The largest absolute Gasteiger partial charge is 0.364 e. The Morgan fingerprint density at radius 2 is 2.00 bits per heavy atom. The van der Waals surface area contributed by atoms with Crippen LogP contribution < -0.4 is 11.1 Å². The average molecular weight is 370 g/mol. The lowest BCUT2D eigenvalue weighted by Gasteiger charge is -2.05. The predicted molar refractivity (Wildman–Crippen MR) is 100 cm³/mol. The first-order valence-electron chi connectivity index (χ1n) is 7.38. The van der Waals surface area contributed by atoms with Gasteiger partial charge in [0.05, 0.1) is 4.70 Å². The second-order valence-electron chi connectivity index (χ2n) is 5.33. The smallest absolute Gasteiger partial charge is 0.270 e. The van der Waals surface area contributed by atoms with Gasteiger partial charge in [0, 0.05) is 21.5 Å². The molecule has 0 radical (unpaired) electrons. The summed E-state index contributed by atoms with van der Waals surface area (Å²) in [6.45, 7) is 0. The van der Waals surface area contributed by atoms with Crippen LogP contribution in [0.1, 0.15) is 10.5 Å². The molecule has 4 N–H and O–H groups in total. The Labute approximate surface area is 151 Å². The summed E-state index contributed by atoms with van der Waals surface area (Å²) in [5.41, 5.74) is 6.61. The molecule has 124 valence electrons. The van der Waals surface area contributed by atoms with Gasteiger partial charge in [0.15, 0.2) is 11.5 Å². The quantitative estimate of drug-likeness (QED) is 0.502. The highest BCUT2D eigenvalue weighted by atomic mass is 35.5. The van der Waals surface area contributed by atoms with Crippen molar-refractivity contribution in [1.29, 1.82) is 0 Å². The Morgan fingerprint density at radius 3 is 2.68 bits per heavy atom. The zero-order valence-corrected chi connectivity index (χ0v) is 14.4. The van der Waals surface area contributed by atoms with Crippen molar-refractivity contribution in [2.24, 2.45) is 5.73 Å². The number of hydrogen-bond donors (Lipinski definition) is 3. The molecule has 4 aromatic rings. The van der Waals surface area contributed by atoms with Crippen LogP contribution in [0.2, 0.25) is 5.02 Å². The molecule has 0 aliphatic rings. The van der Waals surface area contributed by atoms with Crippen LogP contribution in [0.5, 0.6) is 0 Å². The van der Waals surface area contributed by atoms with E-state index in [0.717, 1.165) is 21.6 Å². The number of thiophene rings is 1. The molecule has 1 amide bonds. The van der Waals surface area contributed by atoms with E-state index in [-0.39, 0.29) is 5.69 Å². The Bertz CT molecular complexity index is 1060. The van der Waals surface area contributed by atoms with Crippen molar-refractivity contribution in [3.63, 3.8) is 0 Å². The molecular weight excluding hydrogens is 358 g/mol. The predicted octanol–water partition coefficient (Wildman–Crippen LogP) is 4.18. The molecule has 0 saturated carbocycles. The van der Waals surface area contributed by atoms with Gasteiger partial charge in [-0.15, -0.1) is 21.5 Å². The van der Waals surface area contributed by atoms with Crippen LogP contribution in [0.4, 0.5) is 11.6 Å². The molecule has 8 heteroatoms. The van der Waals surface area contributed by atoms with Gasteiger partial charge in [-0.25, -0.2) is 0 Å². The van der Waals surface area contributed by atoms with Crippen molar-refractivity contribution in [3.8, 4) is 10.4 Å². The van der Waals surface area contributed by atoms with Crippen molar-refractivity contribution in [2.75, 3.05) is 5.32 Å². The minimum Gasteiger partial charge on any atom is -0.364 e. The number of amides is 1. The Morgan fingerprint density at radius 1 is 1.20 bits per heavy atom. The number of fused-ring (bicyclic) bond motifs is 1. The molecule has 3 heterocycles. The van der Waals surface area contributed by atoms with E-state index < -0.39 is 5.91 Å². The first kappa shape index (κ1) is 15.6. The van der Waals surface area contributed by atoms with Crippen LogP contribution in [-0.2, 0) is 0 Å². The van der Waals surface area contributed by atoms with Gasteiger partial charge in [-0.1, -0.05) is 23.7 Å². The third-order valence-electron chi connectivity index (χ3n) is 3.67. The van der Waals surface area contributed by atoms with Gasteiger partial charge < -0.3 is 16.0 Å².